The number of nitrogens with zero attached hydrogens (tertiary/aromatic N) is 1. The Bertz CT molecular complexity index is 612. The number of methoxy groups -OCH3 is 1. The minimum absolute atomic E-state index is 0.0132. The summed E-state index contributed by atoms with van der Waals surface area (Å²) < 4.78 is 5.49. The predicted octanol–water partition coefficient (Wildman–Crippen LogP) is 2.17. The molecule has 0 bridgehead atoms. The van der Waals surface area contributed by atoms with Gasteiger partial charge in [0, 0.05) is 31.5 Å². The summed E-state index contributed by atoms with van der Waals surface area (Å²) in [6, 6.07) is 7.82. The van der Waals surface area contributed by atoms with Crippen LogP contribution in [0.3, 0.4) is 0 Å². The smallest absolute Gasteiger partial charge is 0.225 e. The zero-order valence-electron chi connectivity index (χ0n) is 14.5. The fourth-order valence-electron chi connectivity index (χ4n) is 3.51. The Morgan fingerprint density at radius 1 is 1.25 bits per heavy atom. The average molecular weight is 330 g/mol. The Hall–Kier alpha value is -2.04. The summed E-state index contributed by atoms with van der Waals surface area (Å²) >= 11 is 0. The number of ether oxygens (including phenoxy) is 1. The Balaban J connectivity index is 1.84. The topological polar surface area (TPSA) is 58.6 Å². The molecule has 2 aliphatic rings. The molecule has 1 aliphatic carbocycles. The molecule has 3 rings (SSSR count). The molecular weight excluding hydrogens is 304 g/mol. The van der Waals surface area contributed by atoms with Crippen molar-refractivity contribution in [3.8, 4) is 5.75 Å². The molecule has 130 valence electrons. The molecule has 0 spiro atoms. The van der Waals surface area contributed by atoms with Crippen LogP contribution in [0, 0.1) is 11.8 Å². The van der Waals surface area contributed by atoms with Crippen LogP contribution in [-0.2, 0) is 9.59 Å². The zero-order chi connectivity index (χ0) is 17.1. The van der Waals surface area contributed by atoms with E-state index in [1.807, 2.05) is 36.1 Å². The van der Waals surface area contributed by atoms with Crippen LogP contribution in [0.2, 0.25) is 0 Å². The van der Waals surface area contributed by atoms with Gasteiger partial charge in [0.25, 0.3) is 0 Å². The van der Waals surface area contributed by atoms with Crippen molar-refractivity contribution >= 4 is 11.8 Å². The highest BCUT2D eigenvalue weighted by Gasteiger charge is 2.44. The van der Waals surface area contributed by atoms with Gasteiger partial charge in [0.15, 0.2) is 0 Å². The first-order valence-electron chi connectivity index (χ1n) is 8.85. The highest BCUT2D eigenvalue weighted by molar-refractivity contribution is 5.85. The molecule has 5 heteroatoms. The van der Waals surface area contributed by atoms with Crippen LogP contribution < -0.4 is 10.1 Å². The normalized spacial score (nSPS) is 23.2. The van der Waals surface area contributed by atoms with Crippen molar-refractivity contribution in [3.05, 3.63) is 29.8 Å². The quantitative estimate of drug-likeness (QED) is 0.870. The predicted molar refractivity (Wildman–Crippen MR) is 91.8 cm³/mol. The third-order valence-corrected chi connectivity index (χ3v) is 4.98. The molecule has 0 aromatic heterocycles. The van der Waals surface area contributed by atoms with Gasteiger partial charge in [-0.05, 0) is 30.9 Å². The van der Waals surface area contributed by atoms with E-state index in [4.69, 9.17) is 4.74 Å². The van der Waals surface area contributed by atoms with E-state index < -0.39 is 0 Å². The molecule has 24 heavy (non-hydrogen) atoms. The zero-order valence-corrected chi connectivity index (χ0v) is 14.5. The van der Waals surface area contributed by atoms with Gasteiger partial charge >= 0.3 is 0 Å². The molecule has 1 aromatic carbocycles. The van der Waals surface area contributed by atoms with Gasteiger partial charge < -0.3 is 15.0 Å². The largest absolute Gasteiger partial charge is 0.496 e. The van der Waals surface area contributed by atoms with Crippen molar-refractivity contribution in [1.29, 1.82) is 0 Å². The van der Waals surface area contributed by atoms with E-state index in [1.165, 1.54) is 0 Å². The highest BCUT2D eigenvalue weighted by Crippen LogP contribution is 2.40. The van der Waals surface area contributed by atoms with Gasteiger partial charge in [0.1, 0.15) is 5.75 Å². The van der Waals surface area contributed by atoms with Gasteiger partial charge in [-0.25, -0.2) is 0 Å². The standard InChI is InChI=1S/C19H26N2O3/c1-3-10-20-18(22)16-12-21(19(23)13-8-9-13)11-15(16)14-6-4-5-7-17(14)24-2/h4-7,13,15-16H,3,8-12H2,1-2H3,(H,20,22). The number of carbonyl (C=O) groups is 2. The molecule has 2 atom stereocenters. The third kappa shape index (κ3) is 3.40. The van der Waals surface area contributed by atoms with Gasteiger partial charge in [-0.2, -0.15) is 0 Å². The van der Waals surface area contributed by atoms with E-state index in [9.17, 15) is 9.59 Å². The van der Waals surface area contributed by atoms with Gasteiger partial charge in [0.2, 0.25) is 11.8 Å². The van der Waals surface area contributed by atoms with Crippen molar-refractivity contribution in [3.63, 3.8) is 0 Å². The lowest BCUT2D eigenvalue weighted by Crippen LogP contribution is -2.36. The van der Waals surface area contributed by atoms with Gasteiger partial charge in [-0.1, -0.05) is 25.1 Å². The number of para-hydroxylation sites is 1. The minimum atomic E-state index is -0.212. The van der Waals surface area contributed by atoms with Crippen LogP contribution in [-0.4, -0.2) is 43.5 Å². The van der Waals surface area contributed by atoms with Gasteiger partial charge in [-0.3, -0.25) is 9.59 Å². The van der Waals surface area contributed by atoms with Crippen LogP contribution in [0.1, 0.15) is 37.7 Å². The Morgan fingerprint density at radius 3 is 2.67 bits per heavy atom. The van der Waals surface area contributed by atoms with Gasteiger partial charge in [0.05, 0.1) is 13.0 Å². The summed E-state index contributed by atoms with van der Waals surface area (Å²) in [4.78, 5) is 27.0. The van der Waals surface area contributed by atoms with Crippen molar-refractivity contribution in [1.82, 2.24) is 10.2 Å². The van der Waals surface area contributed by atoms with E-state index in [-0.39, 0.29) is 29.6 Å². The second kappa shape index (κ2) is 7.24. The SMILES string of the molecule is CCCNC(=O)C1CN(C(=O)C2CC2)CC1c1ccccc1OC. The number of amides is 2. The van der Waals surface area contributed by atoms with E-state index in [2.05, 4.69) is 5.32 Å². The number of carbonyl (C=O) groups excluding carboxylic acids is 2. The lowest BCUT2D eigenvalue weighted by Gasteiger charge is -2.20. The molecule has 1 saturated heterocycles. The lowest BCUT2D eigenvalue weighted by molar-refractivity contribution is -0.132. The summed E-state index contributed by atoms with van der Waals surface area (Å²) in [5.74, 6) is 0.994. The van der Waals surface area contributed by atoms with Crippen LogP contribution in [0.4, 0.5) is 0 Å². The molecule has 1 aliphatic heterocycles. The van der Waals surface area contributed by atoms with Crippen molar-refractivity contribution in [2.24, 2.45) is 11.8 Å². The fraction of sp³-hybridized carbons (Fsp3) is 0.579. The van der Waals surface area contributed by atoms with Gasteiger partial charge in [-0.15, -0.1) is 0 Å². The molecule has 5 nitrogen and oxygen atoms in total. The molecule has 1 saturated carbocycles. The summed E-state index contributed by atoms with van der Waals surface area (Å²) in [6.07, 6.45) is 2.88. The maximum atomic E-state index is 12.7. The van der Waals surface area contributed by atoms with Crippen molar-refractivity contribution < 1.29 is 14.3 Å². The molecular formula is C19H26N2O3. The fourth-order valence-corrected chi connectivity index (χ4v) is 3.51. The first-order chi connectivity index (χ1) is 11.7. The highest BCUT2D eigenvalue weighted by atomic mass is 16.5. The molecule has 1 N–H and O–H groups in total. The second-order valence-corrected chi connectivity index (χ2v) is 6.76. The first-order valence-corrected chi connectivity index (χ1v) is 8.85. The van der Waals surface area contributed by atoms with Crippen LogP contribution >= 0.6 is 0 Å². The third-order valence-electron chi connectivity index (χ3n) is 4.98. The average Bonchev–Trinajstić information content (AvgIpc) is 3.37. The van der Waals surface area contributed by atoms with E-state index in [0.29, 0.717) is 19.6 Å². The van der Waals surface area contributed by atoms with Crippen molar-refractivity contribution in [2.45, 2.75) is 32.1 Å². The number of likely N-dealkylation sites (tertiary alicyclic amines) is 1. The lowest BCUT2D eigenvalue weighted by atomic mass is 9.87. The number of hydrogen-bond donors (Lipinski definition) is 1. The molecule has 2 fully saturated rings. The summed E-state index contributed by atoms with van der Waals surface area (Å²) in [5, 5.41) is 3.00. The molecule has 2 unspecified atom stereocenters. The molecule has 1 aromatic rings. The monoisotopic (exact) mass is 330 g/mol. The number of benzene rings is 1. The van der Waals surface area contributed by atoms with E-state index in [0.717, 1.165) is 30.6 Å². The second-order valence-electron chi connectivity index (χ2n) is 6.76. The van der Waals surface area contributed by atoms with E-state index >= 15 is 0 Å². The van der Waals surface area contributed by atoms with Crippen molar-refractivity contribution in [2.75, 3.05) is 26.7 Å². The first kappa shape index (κ1) is 16.8. The Labute approximate surface area is 143 Å². The Kier molecular flexibility index (Phi) is 5.07. The van der Waals surface area contributed by atoms with Crippen LogP contribution in [0.5, 0.6) is 5.75 Å². The van der Waals surface area contributed by atoms with E-state index in [1.54, 1.807) is 7.11 Å². The molecule has 0 radical (unpaired) electrons. The number of nitrogens with one attached hydrogen (secondary N) is 1. The summed E-state index contributed by atoms with van der Waals surface area (Å²) in [6.45, 7) is 3.81. The van der Waals surface area contributed by atoms with Crippen LogP contribution in [0.15, 0.2) is 24.3 Å². The van der Waals surface area contributed by atoms with Crippen LogP contribution in [0.25, 0.3) is 0 Å². The maximum Gasteiger partial charge on any atom is 0.225 e. The summed E-state index contributed by atoms with van der Waals surface area (Å²) in [5.41, 5.74) is 1.02. The number of rotatable bonds is 6. The minimum Gasteiger partial charge on any atom is -0.496 e. The molecule has 2 amide bonds. The molecule has 1 heterocycles. The Morgan fingerprint density at radius 2 is 2.00 bits per heavy atom. The maximum absolute atomic E-state index is 12.7. The number of hydrogen-bond acceptors (Lipinski definition) is 3. The summed E-state index contributed by atoms with van der Waals surface area (Å²) in [7, 11) is 1.65.